The van der Waals surface area contributed by atoms with Crippen molar-refractivity contribution < 1.29 is 9.53 Å². The van der Waals surface area contributed by atoms with E-state index in [1.54, 1.807) is 6.20 Å². The molecule has 0 radical (unpaired) electrons. The highest BCUT2D eigenvalue weighted by Crippen LogP contribution is 2.26. The number of nitrogens with two attached hydrogens (primary N) is 1. The molecular formula is C20H21N9O2. The summed E-state index contributed by atoms with van der Waals surface area (Å²) in [6, 6.07) is 3.74. The average molecular weight is 419 g/mol. The first-order chi connectivity index (χ1) is 15.1. The fraction of sp³-hybridized carbons (Fsp3) is 0.300. The average Bonchev–Trinajstić information content (AvgIpc) is 3.55. The van der Waals surface area contributed by atoms with E-state index in [0.717, 1.165) is 23.3 Å². The zero-order chi connectivity index (χ0) is 21.4. The van der Waals surface area contributed by atoms with Crippen LogP contribution in [0.5, 0.6) is 0 Å². The van der Waals surface area contributed by atoms with E-state index in [4.69, 9.17) is 10.5 Å². The Morgan fingerprint density at radius 3 is 2.90 bits per heavy atom. The van der Waals surface area contributed by atoms with Gasteiger partial charge in [0.1, 0.15) is 11.3 Å². The minimum atomic E-state index is -0.377. The van der Waals surface area contributed by atoms with Crippen molar-refractivity contribution in [2.24, 2.45) is 5.92 Å². The van der Waals surface area contributed by atoms with Crippen LogP contribution in [0.2, 0.25) is 0 Å². The van der Waals surface area contributed by atoms with E-state index >= 15 is 0 Å². The Hall–Kier alpha value is -3.86. The van der Waals surface area contributed by atoms with Gasteiger partial charge in [-0.2, -0.15) is 10.2 Å². The highest BCUT2D eigenvalue weighted by Gasteiger charge is 2.23. The molecule has 5 rings (SSSR count). The number of amides is 1. The number of rotatable bonds is 5. The number of hydrogen-bond acceptors (Lipinski definition) is 8. The molecule has 1 atom stereocenters. The lowest BCUT2D eigenvalue weighted by Gasteiger charge is -2.13. The molecule has 0 bridgehead atoms. The quantitative estimate of drug-likeness (QED) is 0.489. The van der Waals surface area contributed by atoms with Crippen LogP contribution in [0.15, 0.2) is 36.9 Å². The van der Waals surface area contributed by atoms with Crippen molar-refractivity contribution in [3.05, 3.63) is 48.3 Å². The number of nitrogens with one attached hydrogen (secondary N) is 1. The molecule has 0 aromatic carbocycles. The van der Waals surface area contributed by atoms with E-state index < -0.39 is 0 Å². The smallest absolute Gasteiger partial charge is 0.273 e. The number of ether oxygens (including phenoxy) is 1. The molecule has 4 aromatic rings. The monoisotopic (exact) mass is 419 g/mol. The molecule has 1 aliphatic heterocycles. The normalized spacial score (nSPS) is 16.1. The standard InChI is InChI=1S/C20H21N9O2/c1-12-8-22-15-3-2-14(10-28(12)15)16-19(29-24-5-6-25-29)27-18(21)17(26-16)20(30)23-9-13-4-7-31-11-13/h2-3,5-6,8,10,13H,4,7,9,11H2,1H3,(H2,21,27)(H,23,30). The third-order valence-corrected chi connectivity index (χ3v) is 5.27. The van der Waals surface area contributed by atoms with Gasteiger partial charge in [0.25, 0.3) is 5.91 Å². The van der Waals surface area contributed by atoms with E-state index in [9.17, 15) is 4.79 Å². The molecule has 1 aliphatic rings. The summed E-state index contributed by atoms with van der Waals surface area (Å²) in [5, 5.41) is 11.2. The summed E-state index contributed by atoms with van der Waals surface area (Å²) in [7, 11) is 0. The summed E-state index contributed by atoms with van der Waals surface area (Å²) in [6.45, 7) is 3.81. The number of hydrogen-bond donors (Lipinski definition) is 2. The summed E-state index contributed by atoms with van der Waals surface area (Å²) in [4.78, 5) is 27.6. The van der Waals surface area contributed by atoms with Gasteiger partial charge in [-0.25, -0.2) is 15.0 Å². The predicted molar refractivity (Wildman–Crippen MR) is 112 cm³/mol. The van der Waals surface area contributed by atoms with Crippen molar-refractivity contribution in [2.45, 2.75) is 13.3 Å². The summed E-state index contributed by atoms with van der Waals surface area (Å²) in [5.41, 5.74) is 9.12. The van der Waals surface area contributed by atoms with E-state index in [1.165, 1.54) is 17.2 Å². The van der Waals surface area contributed by atoms with Gasteiger partial charge in [-0.15, -0.1) is 4.80 Å². The zero-order valence-corrected chi connectivity index (χ0v) is 16.9. The number of imidazole rings is 1. The van der Waals surface area contributed by atoms with Gasteiger partial charge in [0, 0.05) is 42.7 Å². The van der Waals surface area contributed by atoms with Crippen molar-refractivity contribution in [3.63, 3.8) is 0 Å². The van der Waals surface area contributed by atoms with Gasteiger partial charge >= 0.3 is 0 Å². The van der Waals surface area contributed by atoms with Crippen LogP contribution in [-0.4, -0.2) is 60.0 Å². The Morgan fingerprint density at radius 1 is 1.29 bits per heavy atom. The summed E-state index contributed by atoms with van der Waals surface area (Å²) in [5.74, 6) is 0.256. The number of anilines is 1. The van der Waals surface area contributed by atoms with Gasteiger partial charge in [0.15, 0.2) is 11.5 Å². The van der Waals surface area contributed by atoms with Gasteiger partial charge in [0.05, 0.1) is 19.0 Å². The molecule has 0 aliphatic carbocycles. The second-order valence-corrected chi connectivity index (χ2v) is 7.43. The van der Waals surface area contributed by atoms with E-state index in [-0.39, 0.29) is 23.3 Å². The van der Waals surface area contributed by atoms with E-state index in [0.29, 0.717) is 31.3 Å². The largest absolute Gasteiger partial charge is 0.382 e. The molecule has 0 spiro atoms. The number of nitrogen functional groups attached to an aromatic ring is 1. The molecule has 158 valence electrons. The maximum atomic E-state index is 12.8. The number of aromatic nitrogens is 7. The molecule has 1 saturated heterocycles. The van der Waals surface area contributed by atoms with E-state index in [2.05, 4.69) is 30.5 Å². The molecular weight excluding hydrogens is 398 g/mol. The lowest BCUT2D eigenvalue weighted by Crippen LogP contribution is -2.31. The predicted octanol–water partition coefficient (Wildman–Crippen LogP) is 1.03. The molecule has 1 amide bonds. The molecule has 3 N–H and O–H groups in total. The molecule has 4 aromatic heterocycles. The Morgan fingerprint density at radius 2 is 2.13 bits per heavy atom. The molecule has 5 heterocycles. The van der Waals surface area contributed by atoms with Crippen LogP contribution in [0.1, 0.15) is 22.6 Å². The first-order valence-corrected chi connectivity index (χ1v) is 9.94. The van der Waals surface area contributed by atoms with Gasteiger partial charge in [-0.1, -0.05) is 0 Å². The number of nitrogens with zero attached hydrogens (tertiary/aromatic N) is 7. The third-order valence-electron chi connectivity index (χ3n) is 5.27. The van der Waals surface area contributed by atoms with Gasteiger partial charge < -0.3 is 20.2 Å². The topological polar surface area (TPSA) is 138 Å². The lowest BCUT2D eigenvalue weighted by molar-refractivity contribution is 0.0940. The number of aryl methyl sites for hydroxylation is 1. The summed E-state index contributed by atoms with van der Waals surface area (Å²) >= 11 is 0. The first kappa shape index (κ1) is 19.1. The Labute approximate surface area is 177 Å². The van der Waals surface area contributed by atoms with Crippen molar-refractivity contribution in [3.8, 4) is 17.1 Å². The van der Waals surface area contributed by atoms with Crippen LogP contribution in [-0.2, 0) is 4.74 Å². The molecule has 1 unspecified atom stereocenters. The number of carbonyl (C=O) groups excluding carboxylic acids is 1. The third kappa shape index (κ3) is 3.59. The van der Waals surface area contributed by atoms with Gasteiger partial charge in [-0.05, 0) is 25.5 Å². The Balaban J connectivity index is 1.57. The van der Waals surface area contributed by atoms with Crippen LogP contribution in [0.4, 0.5) is 5.82 Å². The molecule has 1 fully saturated rings. The molecule has 0 saturated carbocycles. The lowest BCUT2D eigenvalue weighted by atomic mass is 10.1. The number of fused-ring (bicyclic) bond motifs is 1. The molecule has 11 heteroatoms. The van der Waals surface area contributed by atoms with Crippen LogP contribution in [0, 0.1) is 12.8 Å². The number of pyridine rings is 1. The van der Waals surface area contributed by atoms with Gasteiger partial charge in [-0.3, -0.25) is 4.79 Å². The van der Waals surface area contributed by atoms with Crippen molar-refractivity contribution in [1.29, 1.82) is 0 Å². The maximum Gasteiger partial charge on any atom is 0.273 e. The Bertz CT molecular complexity index is 1240. The fourth-order valence-corrected chi connectivity index (χ4v) is 3.57. The second kappa shape index (κ2) is 7.76. The van der Waals surface area contributed by atoms with Gasteiger partial charge in [0.2, 0.25) is 5.82 Å². The van der Waals surface area contributed by atoms with Crippen LogP contribution in [0.25, 0.3) is 22.7 Å². The number of carbonyl (C=O) groups is 1. The van der Waals surface area contributed by atoms with Crippen molar-refractivity contribution in [1.82, 2.24) is 39.7 Å². The molecule has 11 nitrogen and oxygen atoms in total. The van der Waals surface area contributed by atoms with Crippen LogP contribution >= 0.6 is 0 Å². The molecule has 31 heavy (non-hydrogen) atoms. The van der Waals surface area contributed by atoms with E-state index in [1.807, 2.05) is 29.7 Å². The minimum absolute atomic E-state index is 0.0103. The fourth-order valence-electron chi connectivity index (χ4n) is 3.57. The van der Waals surface area contributed by atoms with Crippen molar-refractivity contribution >= 4 is 17.4 Å². The summed E-state index contributed by atoms with van der Waals surface area (Å²) < 4.78 is 7.30. The van der Waals surface area contributed by atoms with Crippen molar-refractivity contribution in [2.75, 3.05) is 25.5 Å². The minimum Gasteiger partial charge on any atom is -0.382 e. The summed E-state index contributed by atoms with van der Waals surface area (Å²) in [6.07, 6.45) is 7.67. The van der Waals surface area contributed by atoms with Crippen LogP contribution in [0.3, 0.4) is 0 Å². The second-order valence-electron chi connectivity index (χ2n) is 7.43. The first-order valence-electron chi connectivity index (χ1n) is 9.94. The Kier molecular flexibility index (Phi) is 4.79. The SMILES string of the molecule is Cc1cnc2ccc(-c3nc(C(=O)NCC4CCOC4)c(N)nc3-n3nccn3)cn12. The zero-order valence-electron chi connectivity index (χ0n) is 16.9. The van der Waals surface area contributed by atoms with Crippen LogP contribution < -0.4 is 11.1 Å². The highest BCUT2D eigenvalue weighted by molar-refractivity contribution is 5.97. The maximum absolute atomic E-state index is 12.8. The highest BCUT2D eigenvalue weighted by atomic mass is 16.5.